The first kappa shape index (κ1) is 18.6. The van der Waals surface area contributed by atoms with Gasteiger partial charge in [0.05, 0.1) is 28.7 Å². The number of para-hydroxylation sites is 2. The average Bonchev–Trinajstić information content (AvgIpc) is 3.53. The summed E-state index contributed by atoms with van der Waals surface area (Å²) < 4.78 is 0. The number of rotatable bonds is 4. The minimum atomic E-state index is 0.185. The molecule has 2 heterocycles. The van der Waals surface area contributed by atoms with Gasteiger partial charge in [-0.15, -0.1) is 0 Å². The fraction of sp³-hybridized carbons (Fsp3) is 0.333. The molecule has 3 aromatic rings. The highest BCUT2D eigenvalue weighted by atomic mass is 16.2. The van der Waals surface area contributed by atoms with E-state index in [4.69, 9.17) is 9.97 Å². The van der Waals surface area contributed by atoms with Crippen LogP contribution < -0.4 is 4.90 Å². The summed E-state index contributed by atoms with van der Waals surface area (Å²) in [6.07, 6.45) is 2.96. The molecule has 2 aromatic carbocycles. The number of nitrogens with zero attached hydrogens (tertiary/aromatic N) is 5. The maximum Gasteiger partial charge on any atom is 0.225 e. The molecule has 2 aliphatic rings. The molecule has 1 aromatic heterocycles. The van der Waals surface area contributed by atoms with Crippen molar-refractivity contribution >= 4 is 22.8 Å². The van der Waals surface area contributed by atoms with E-state index in [1.165, 1.54) is 0 Å². The van der Waals surface area contributed by atoms with Crippen LogP contribution in [-0.4, -0.2) is 47.0 Å². The van der Waals surface area contributed by atoms with Crippen LogP contribution >= 0.6 is 0 Å². The van der Waals surface area contributed by atoms with Gasteiger partial charge in [-0.25, -0.2) is 9.97 Å². The molecule has 6 nitrogen and oxygen atoms in total. The predicted octanol–water partition coefficient (Wildman–Crippen LogP) is 3.62. The topological polar surface area (TPSA) is 73.1 Å². The van der Waals surface area contributed by atoms with E-state index in [0.717, 1.165) is 60.5 Å². The molecular formula is C24H23N5O. The van der Waals surface area contributed by atoms with Gasteiger partial charge >= 0.3 is 0 Å². The van der Waals surface area contributed by atoms with Crippen LogP contribution in [0.3, 0.4) is 0 Å². The van der Waals surface area contributed by atoms with Crippen LogP contribution in [0.25, 0.3) is 22.3 Å². The minimum absolute atomic E-state index is 0.185. The molecule has 6 heteroatoms. The average molecular weight is 397 g/mol. The molecule has 1 atom stereocenters. The fourth-order valence-electron chi connectivity index (χ4n) is 4.19. The third-order valence-corrected chi connectivity index (χ3v) is 6.10. The van der Waals surface area contributed by atoms with Crippen molar-refractivity contribution in [3.05, 3.63) is 54.1 Å². The zero-order valence-electron chi connectivity index (χ0n) is 17.0. The van der Waals surface area contributed by atoms with E-state index >= 15 is 0 Å². The van der Waals surface area contributed by atoms with Crippen molar-refractivity contribution in [2.75, 3.05) is 25.0 Å². The van der Waals surface area contributed by atoms with Crippen LogP contribution in [-0.2, 0) is 4.79 Å². The summed E-state index contributed by atoms with van der Waals surface area (Å²) in [5, 5.41) is 9.33. The second-order valence-electron chi connectivity index (χ2n) is 8.19. The van der Waals surface area contributed by atoms with Gasteiger partial charge < -0.3 is 9.80 Å². The Hall–Kier alpha value is -3.46. The van der Waals surface area contributed by atoms with E-state index in [-0.39, 0.29) is 17.9 Å². The van der Waals surface area contributed by atoms with Gasteiger partial charge in [0.25, 0.3) is 0 Å². The van der Waals surface area contributed by atoms with E-state index < -0.39 is 0 Å². The lowest BCUT2D eigenvalue weighted by Crippen LogP contribution is -2.40. The van der Waals surface area contributed by atoms with Crippen molar-refractivity contribution in [2.45, 2.75) is 25.3 Å². The lowest BCUT2D eigenvalue weighted by Gasteiger charge is -2.26. The van der Waals surface area contributed by atoms with Gasteiger partial charge in [-0.1, -0.05) is 24.3 Å². The van der Waals surface area contributed by atoms with Crippen molar-refractivity contribution in [3.63, 3.8) is 0 Å². The molecular weight excluding hydrogens is 374 g/mol. The van der Waals surface area contributed by atoms with Gasteiger partial charge in [0.15, 0.2) is 5.82 Å². The Morgan fingerprint density at radius 3 is 2.60 bits per heavy atom. The van der Waals surface area contributed by atoms with Crippen LogP contribution in [0.2, 0.25) is 0 Å². The molecule has 0 unspecified atom stereocenters. The monoisotopic (exact) mass is 397 g/mol. The molecule has 1 saturated heterocycles. The zero-order chi connectivity index (χ0) is 20.7. The summed E-state index contributed by atoms with van der Waals surface area (Å²) >= 11 is 0. The first-order valence-electron chi connectivity index (χ1n) is 10.4. The summed E-state index contributed by atoms with van der Waals surface area (Å²) in [5.74, 6) is 1.32. The maximum atomic E-state index is 12.5. The highest BCUT2D eigenvalue weighted by Gasteiger charge is 2.37. The number of amides is 1. The van der Waals surface area contributed by atoms with Gasteiger partial charge in [-0.3, -0.25) is 4.79 Å². The standard InChI is InChI=1S/C24H23N5O/c1-28(24(30)17-9-10-17)19-11-12-29(15-19)23-22(18-6-4-5-16(13-18)14-25)26-20-7-2-3-8-21(20)27-23/h2-8,13,17,19H,9-12,15H2,1H3/t19-/m0/s1. The van der Waals surface area contributed by atoms with Gasteiger partial charge in [0.2, 0.25) is 5.91 Å². The summed E-state index contributed by atoms with van der Waals surface area (Å²) in [7, 11) is 1.93. The number of fused-ring (bicyclic) bond motifs is 1. The minimum Gasteiger partial charge on any atom is -0.353 e. The Kier molecular flexibility index (Phi) is 4.59. The molecule has 0 spiro atoms. The SMILES string of the molecule is CN(C(=O)C1CC1)[C@H]1CCN(c2nc3ccccc3nc2-c2cccc(C#N)c2)C1. The number of likely N-dealkylation sites (N-methyl/N-ethyl adjacent to an activating group) is 1. The summed E-state index contributed by atoms with van der Waals surface area (Å²) in [4.78, 5) is 26.5. The second kappa shape index (κ2) is 7.42. The Bertz CT molecular complexity index is 1160. The van der Waals surface area contributed by atoms with Crippen LogP contribution in [0.4, 0.5) is 5.82 Å². The highest BCUT2D eigenvalue weighted by molar-refractivity contribution is 5.84. The van der Waals surface area contributed by atoms with Gasteiger partial charge in [-0.05, 0) is 43.5 Å². The number of anilines is 1. The van der Waals surface area contributed by atoms with Gasteiger partial charge in [-0.2, -0.15) is 5.26 Å². The van der Waals surface area contributed by atoms with Crippen LogP contribution in [0.5, 0.6) is 0 Å². The summed E-state index contributed by atoms with van der Waals surface area (Å²) in [6.45, 7) is 1.57. The second-order valence-corrected chi connectivity index (χ2v) is 8.19. The number of carbonyl (C=O) groups excluding carboxylic acids is 1. The predicted molar refractivity (Wildman–Crippen MR) is 116 cm³/mol. The Morgan fingerprint density at radius 2 is 1.87 bits per heavy atom. The molecule has 2 fully saturated rings. The maximum absolute atomic E-state index is 12.5. The lowest BCUT2D eigenvalue weighted by molar-refractivity contribution is -0.132. The number of hydrogen-bond acceptors (Lipinski definition) is 5. The van der Waals surface area contributed by atoms with E-state index in [1.807, 2.05) is 54.4 Å². The molecule has 30 heavy (non-hydrogen) atoms. The smallest absolute Gasteiger partial charge is 0.225 e. The first-order valence-corrected chi connectivity index (χ1v) is 10.4. The van der Waals surface area contributed by atoms with Crippen molar-refractivity contribution in [3.8, 4) is 17.3 Å². The van der Waals surface area contributed by atoms with Crippen LogP contribution in [0, 0.1) is 17.2 Å². The third-order valence-electron chi connectivity index (χ3n) is 6.10. The molecule has 1 aliphatic carbocycles. The molecule has 0 bridgehead atoms. The molecule has 0 radical (unpaired) electrons. The largest absolute Gasteiger partial charge is 0.353 e. The third kappa shape index (κ3) is 3.37. The normalized spacial score (nSPS) is 18.4. The molecule has 1 aliphatic heterocycles. The Labute approximate surface area is 175 Å². The van der Waals surface area contributed by atoms with Crippen LogP contribution in [0.1, 0.15) is 24.8 Å². The summed E-state index contributed by atoms with van der Waals surface area (Å²) in [6, 6.07) is 17.7. The molecule has 0 N–H and O–H groups in total. The van der Waals surface area contributed by atoms with E-state index in [2.05, 4.69) is 11.0 Å². The van der Waals surface area contributed by atoms with Crippen LogP contribution in [0.15, 0.2) is 48.5 Å². The number of nitriles is 1. The first-order chi connectivity index (χ1) is 14.6. The number of aromatic nitrogens is 2. The number of carbonyl (C=O) groups is 1. The van der Waals surface area contributed by atoms with Crippen molar-refractivity contribution in [2.24, 2.45) is 5.92 Å². The Morgan fingerprint density at radius 1 is 1.10 bits per heavy atom. The van der Waals surface area contributed by atoms with E-state index in [0.29, 0.717) is 5.56 Å². The Balaban J connectivity index is 1.53. The van der Waals surface area contributed by atoms with E-state index in [9.17, 15) is 10.1 Å². The van der Waals surface area contributed by atoms with Crippen molar-refractivity contribution in [1.29, 1.82) is 5.26 Å². The number of hydrogen-bond donors (Lipinski definition) is 0. The summed E-state index contributed by atoms with van der Waals surface area (Å²) in [5.41, 5.74) is 3.94. The lowest BCUT2D eigenvalue weighted by atomic mass is 10.1. The van der Waals surface area contributed by atoms with E-state index in [1.54, 1.807) is 6.07 Å². The van der Waals surface area contributed by atoms with Crippen molar-refractivity contribution in [1.82, 2.24) is 14.9 Å². The van der Waals surface area contributed by atoms with Gasteiger partial charge in [0, 0.05) is 31.6 Å². The molecule has 5 rings (SSSR count). The molecule has 1 saturated carbocycles. The number of benzene rings is 2. The molecule has 1 amide bonds. The zero-order valence-corrected chi connectivity index (χ0v) is 17.0. The molecule has 150 valence electrons. The van der Waals surface area contributed by atoms with Gasteiger partial charge in [0.1, 0.15) is 5.69 Å². The highest BCUT2D eigenvalue weighted by Crippen LogP contribution is 2.35. The quantitative estimate of drug-likeness (QED) is 0.672. The fourth-order valence-corrected chi connectivity index (χ4v) is 4.19. The van der Waals surface area contributed by atoms with Crippen molar-refractivity contribution < 1.29 is 4.79 Å².